The molecule has 4 atom stereocenters. The molecule has 7 rings (SSSR count). The van der Waals surface area contributed by atoms with Crippen molar-refractivity contribution in [2.75, 3.05) is 51.3 Å². The van der Waals surface area contributed by atoms with Crippen LogP contribution < -0.4 is 9.64 Å². The second-order valence-electron chi connectivity index (χ2n) is 14.3. The van der Waals surface area contributed by atoms with Gasteiger partial charge in [-0.2, -0.15) is 22.8 Å². The maximum absolute atomic E-state index is 17.5. The standard InChI is InChI=1S/C38H43F4N3O2.CO2/c1-25-8-13-31(14-9-25)45-23-34(27-10-15-32(47-2)16-11-27)37(39,24-45)36(46)44-21-28-19-43(20-29(28)22-44)35-17-12-30(38(40,41)42)18-33(35)26-6-4-3-5-7-26;2-1-3/h3-7,10-12,15-18,25,28-29,31,34H,8-9,13-14,19-24H2,1-2H3;/t25?,28-,29+,31?,34-,37-;/m0./s1. The molecule has 3 heterocycles. The minimum absolute atomic E-state index is 0.103. The molecule has 0 unspecified atom stereocenters. The van der Waals surface area contributed by atoms with Gasteiger partial charge in [0.25, 0.3) is 5.91 Å². The molecule has 3 saturated heterocycles. The van der Waals surface area contributed by atoms with Gasteiger partial charge in [-0.05, 0) is 73.1 Å². The summed E-state index contributed by atoms with van der Waals surface area (Å²) >= 11 is 0. The lowest BCUT2D eigenvalue weighted by Crippen LogP contribution is -2.51. The number of halogens is 4. The smallest absolute Gasteiger partial charge is 0.416 e. The van der Waals surface area contributed by atoms with E-state index in [0.29, 0.717) is 50.0 Å². The second kappa shape index (κ2) is 14.6. The fourth-order valence-electron chi connectivity index (χ4n) is 8.61. The van der Waals surface area contributed by atoms with Gasteiger partial charge in [-0.15, -0.1) is 0 Å². The van der Waals surface area contributed by atoms with Gasteiger partial charge in [0.2, 0.25) is 5.67 Å². The Morgan fingerprint density at radius 1 is 0.860 bits per heavy atom. The van der Waals surface area contributed by atoms with E-state index in [1.165, 1.54) is 6.07 Å². The van der Waals surface area contributed by atoms with Crippen molar-refractivity contribution in [3.05, 3.63) is 83.9 Å². The molecule has 0 radical (unpaired) electrons. The molecule has 1 aliphatic carbocycles. The highest BCUT2D eigenvalue weighted by molar-refractivity contribution is 5.88. The number of likely N-dealkylation sites (tertiary alicyclic amines) is 2. The van der Waals surface area contributed by atoms with E-state index in [4.69, 9.17) is 14.3 Å². The Kier molecular flexibility index (Phi) is 10.4. The third-order valence-corrected chi connectivity index (χ3v) is 11.3. The fourth-order valence-corrected chi connectivity index (χ4v) is 8.61. The van der Waals surface area contributed by atoms with Crippen LogP contribution in [0.4, 0.5) is 23.2 Å². The summed E-state index contributed by atoms with van der Waals surface area (Å²) in [5.41, 5.74) is 0.125. The normalized spacial score (nSPS) is 28.1. The molecular weight excluding hydrogens is 650 g/mol. The molecule has 1 amide bonds. The van der Waals surface area contributed by atoms with Gasteiger partial charge in [-0.3, -0.25) is 9.69 Å². The van der Waals surface area contributed by atoms with Gasteiger partial charge in [0.05, 0.1) is 12.7 Å². The number of rotatable bonds is 6. The molecule has 11 heteroatoms. The number of anilines is 1. The first-order chi connectivity index (χ1) is 23.9. The molecule has 3 aliphatic heterocycles. The van der Waals surface area contributed by atoms with E-state index in [0.717, 1.165) is 48.6 Å². The Labute approximate surface area is 290 Å². The molecule has 7 nitrogen and oxygen atoms in total. The average Bonchev–Trinajstić information content (AvgIpc) is 3.81. The molecular formula is C39H43F4N3O4. The van der Waals surface area contributed by atoms with Crippen LogP contribution in [0.3, 0.4) is 0 Å². The number of carbonyl (C=O) groups is 1. The van der Waals surface area contributed by atoms with Crippen LogP contribution >= 0.6 is 0 Å². The molecule has 3 aromatic carbocycles. The summed E-state index contributed by atoms with van der Waals surface area (Å²) < 4.78 is 63.9. The summed E-state index contributed by atoms with van der Waals surface area (Å²) in [7, 11) is 1.60. The van der Waals surface area contributed by atoms with Crippen molar-refractivity contribution in [1.82, 2.24) is 9.80 Å². The Hall–Kier alpha value is -4.21. The maximum atomic E-state index is 17.5. The zero-order valence-corrected chi connectivity index (χ0v) is 28.4. The summed E-state index contributed by atoms with van der Waals surface area (Å²) in [5, 5.41) is 0. The second-order valence-corrected chi connectivity index (χ2v) is 14.3. The van der Waals surface area contributed by atoms with Crippen molar-refractivity contribution in [1.29, 1.82) is 0 Å². The molecule has 0 aromatic heterocycles. The number of fused-ring (bicyclic) bond motifs is 1. The molecule has 0 N–H and O–H groups in total. The number of benzene rings is 3. The van der Waals surface area contributed by atoms with Crippen LogP contribution in [-0.2, 0) is 20.6 Å². The highest BCUT2D eigenvalue weighted by atomic mass is 19.4. The van der Waals surface area contributed by atoms with Gasteiger partial charge in [0.1, 0.15) is 5.75 Å². The van der Waals surface area contributed by atoms with E-state index in [9.17, 15) is 18.0 Å². The van der Waals surface area contributed by atoms with Gasteiger partial charge in [0, 0.05) is 74.3 Å². The van der Waals surface area contributed by atoms with Gasteiger partial charge in [0.15, 0.2) is 0 Å². The zero-order valence-electron chi connectivity index (χ0n) is 28.4. The highest BCUT2D eigenvalue weighted by Crippen LogP contribution is 2.46. The Bertz CT molecular complexity index is 1660. The first kappa shape index (κ1) is 35.6. The topological polar surface area (TPSA) is 70.2 Å². The number of nitrogens with zero attached hydrogens (tertiary/aromatic N) is 3. The molecule has 0 bridgehead atoms. The molecule has 50 heavy (non-hydrogen) atoms. The molecule has 3 aromatic rings. The van der Waals surface area contributed by atoms with Crippen LogP contribution in [0.1, 0.15) is 49.7 Å². The molecule has 266 valence electrons. The number of methoxy groups -OCH3 is 1. The number of amides is 1. The van der Waals surface area contributed by atoms with Crippen LogP contribution in [0.25, 0.3) is 11.1 Å². The van der Waals surface area contributed by atoms with Gasteiger partial charge >= 0.3 is 12.3 Å². The van der Waals surface area contributed by atoms with Gasteiger partial charge < -0.3 is 14.5 Å². The lowest BCUT2D eigenvalue weighted by atomic mass is 9.85. The van der Waals surface area contributed by atoms with E-state index in [1.807, 2.05) is 54.6 Å². The predicted octanol–water partition coefficient (Wildman–Crippen LogP) is 7.08. The minimum Gasteiger partial charge on any atom is -0.497 e. The summed E-state index contributed by atoms with van der Waals surface area (Å²) in [6.07, 6.45) is 0.109. The number of ether oxygens (including phenoxy) is 1. The van der Waals surface area contributed by atoms with Crippen molar-refractivity contribution in [2.45, 2.75) is 56.4 Å². The van der Waals surface area contributed by atoms with Gasteiger partial charge in [-0.1, -0.05) is 49.4 Å². The van der Waals surface area contributed by atoms with Crippen molar-refractivity contribution in [3.8, 4) is 16.9 Å². The average molecular weight is 694 g/mol. The van der Waals surface area contributed by atoms with Crippen molar-refractivity contribution in [3.63, 3.8) is 0 Å². The number of hydrogen-bond donors (Lipinski definition) is 0. The molecule has 4 fully saturated rings. The van der Waals surface area contributed by atoms with Crippen LogP contribution in [-0.4, -0.2) is 79.9 Å². The van der Waals surface area contributed by atoms with E-state index in [-0.39, 0.29) is 30.6 Å². The third kappa shape index (κ3) is 7.16. The molecule has 1 saturated carbocycles. The number of hydrogen-bond acceptors (Lipinski definition) is 6. The molecule has 4 aliphatic rings. The monoisotopic (exact) mass is 693 g/mol. The van der Waals surface area contributed by atoms with Crippen LogP contribution in [0.15, 0.2) is 72.8 Å². The first-order valence-corrected chi connectivity index (χ1v) is 17.3. The van der Waals surface area contributed by atoms with Crippen molar-refractivity contribution >= 4 is 17.7 Å². The summed E-state index contributed by atoms with van der Waals surface area (Å²) in [6, 6.07) is 20.9. The van der Waals surface area contributed by atoms with Crippen molar-refractivity contribution < 1.29 is 36.7 Å². The Morgan fingerprint density at radius 2 is 1.48 bits per heavy atom. The SMILES string of the molecule is COc1ccc([C@@H]2CN(C3CCC(C)CC3)C[C@@]2(F)C(=O)N2C[C@@H]3CN(c4ccc(C(F)(F)F)cc4-c4ccccc4)C[C@@H]3C2)cc1.O=C=O. The van der Waals surface area contributed by atoms with Crippen LogP contribution in [0.5, 0.6) is 5.75 Å². The predicted molar refractivity (Wildman–Crippen MR) is 180 cm³/mol. The minimum atomic E-state index is -4.44. The quantitative estimate of drug-likeness (QED) is 0.257. The number of alkyl halides is 4. The number of carbonyl (C=O) groups excluding carboxylic acids is 3. The Morgan fingerprint density at radius 3 is 2.06 bits per heavy atom. The lowest BCUT2D eigenvalue weighted by molar-refractivity contribution is -0.191. The fraction of sp³-hybridized carbons (Fsp3) is 0.487. The van der Waals surface area contributed by atoms with Gasteiger partial charge in [-0.25, -0.2) is 4.39 Å². The van der Waals surface area contributed by atoms with Crippen LogP contribution in [0, 0.1) is 17.8 Å². The largest absolute Gasteiger partial charge is 0.497 e. The summed E-state index contributed by atoms with van der Waals surface area (Å²) in [5.74, 6) is 0.609. The highest BCUT2D eigenvalue weighted by Gasteiger charge is 2.58. The van der Waals surface area contributed by atoms with E-state index in [2.05, 4.69) is 16.7 Å². The third-order valence-electron chi connectivity index (χ3n) is 11.3. The van der Waals surface area contributed by atoms with E-state index >= 15 is 4.39 Å². The van der Waals surface area contributed by atoms with E-state index in [1.54, 1.807) is 18.1 Å². The summed E-state index contributed by atoms with van der Waals surface area (Å²) in [6.45, 7) is 4.99. The first-order valence-electron chi connectivity index (χ1n) is 17.3. The lowest BCUT2D eigenvalue weighted by Gasteiger charge is -2.34. The van der Waals surface area contributed by atoms with E-state index < -0.39 is 29.2 Å². The molecule has 0 spiro atoms. The van der Waals surface area contributed by atoms with Crippen molar-refractivity contribution in [2.24, 2.45) is 17.8 Å². The zero-order chi connectivity index (χ0) is 35.6. The maximum Gasteiger partial charge on any atom is 0.416 e. The summed E-state index contributed by atoms with van der Waals surface area (Å²) in [4.78, 5) is 36.7. The Balaban J connectivity index is 0.00000139. The van der Waals surface area contributed by atoms with Crippen LogP contribution in [0.2, 0.25) is 0 Å².